The topological polar surface area (TPSA) is 18.5 Å². The van der Waals surface area contributed by atoms with Gasteiger partial charge < -0.3 is 0 Å². The molecular weight excluding hydrogens is 600 g/mol. The van der Waals surface area contributed by atoms with E-state index < -0.39 is 12.7 Å². The molecule has 0 aliphatic carbocycles. The third-order valence-corrected chi connectivity index (χ3v) is 38.3. The van der Waals surface area contributed by atoms with E-state index in [9.17, 15) is 0 Å². The molecule has 2 heterocycles. The van der Waals surface area contributed by atoms with Crippen molar-refractivity contribution in [3.05, 3.63) is 35.4 Å². The van der Waals surface area contributed by atoms with E-state index in [0.717, 1.165) is 50.4 Å². The van der Waals surface area contributed by atoms with Crippen molar-refractivity contribution in [1.82, 2.24) is 0 Å². The molecule has 2 aromatic carbocycles. The predicted octanol–water partition coefficient (Wildman–Crippen LogP) is 9.82. The molecule has 0 saturated heterocycles. The van der Waals surface area contributed by atoms with Crippen molar-refractivity contribution in [3.63, 3.8) is 0 Å². The van der Waals surface area contributed by atoms with Crippen LogP contribution in [0.5, 0.6) is 11.5 Å². The zero-order valence-corrected chi connectivity index (χ0v) is 26.2. The van der Waals surface area contributed by atoms with Crippen LogP contribution in [0.1, 0.15) is 90.2 Å². The Labute approximate surface area is 215 Å². The molecule has 4 rings (SSSR count). The first-order valence-corrected chi connectivity index (χ1v) is 26.5. The fourth-order valence-corrected chi connectivity index (χ4v) is 44.4. The molecule has 0 radical (unpaired) electrons. The summed E-state index contributed by atoms with van der Waals surface area (Å²) in [6.07, 6.45) is 4.54. The van der Waals surface area contributed by atoms with Gasteiger partial charge in [0.15, 0.2) is 0 Å². The molecule has 7 heteroatoms. The van der Waals surface area contributed by atoms with E-state index in [1.165, 1.54) is 30.7 Å². The molecular formula is C26H36O2S4Te. The van der Waals surface area contributed by atoms with Crippen LogP contribution in [0.15, 0.2) is 43.8 Å². The van der Waals surface area contributed by atoms with E-state index in [-0.39, 0.29) is 0 Å². The van der Waals surface area contributed by atoms with Gasteiger partial charge >= 0.3 is 217 Å². The second-order valence-corrected chi connectivity index (χ2v) is 41.3. The van der Waals surface area contributed by atoms with Crippen LogP contribution in [0, 0.1) is 0 Å². The maximum absolute atomic E-state index is 6.31. The van der Waals surface area contributed by atoms with E-state index in [0.29, 0.717) is 11.8 Å². The third-order valence-electron chi connectivity index (χ3n) is 5.71. The van der Waals surface area contributed by atoms with Gasteiger partial charge in [0.25, 0.3) is 0 Å². The summed E-state index contributed by atoms with van der Waals surface area (Å²) < 4.78 is 12.6. The SMILES string of the molecule is CCCCOc1ccc(C(C)C)c2c1S[Te]1(Sc3c(OCCCC)ccc(C(C)C)c3S1)S2. The Morgan fingerprint density at radius 2 is 1.03 bits per heavy atom. The number of rotatable bonds is 10. The average molecular weight is 636 g/mol. The van der Waals surface area contributed by atoms with Crippen LogP contribution in [-0.4, -0.2) is 25.9 Å². The minimum atomic E-state index is -2.55. The van der Waals surface area contributed by atoms with Gasteiger partial charge in [0, 0.05) is 0 Å². The molecule has 2 aromatic rings. The van der Waals surface area contributed by atoms with Crippen molar-refractivity contribution < 1.29 is 9.47 Å². The van der Waals surface area contributed by atoms with Crippen LogP contribution < -0.4 is 9.47 Å². The molecule has 0 aromatic heterocycles. The standard InChI is InChI=1S/C26H36O2S4Te/c1-7-9-15-27-21-13-11-19(17(3)4)23-25(21)31-33(29-23)30-24-20(18(5)6)12-14-22(26(24)32-33)28-16-10-8-2/h11-14,17-18H,7-10,15-16H2,1-6H3. The van der Waals surface area contributed by atoms with Crippen molar-refractivity contribution in [1.29, 1.82) is 0 Å². The Morgan fingerprint density at radius 3 is 1.39 bits per heavy atom. The summed E-state index contributed by atoms with van der Waals surface area (Å²) in [5, 5.41) is 0. The third kappa shape index (κ3) is 5.65. The number of fused-ring (bicyclic) bond motifs is 2. The van der Waals surface area contributed by atoms with Crippen molar-refractivity contribution >= 4 is 48.6 Å². The van der Waals surface area contributed by atoms with E-state index in [2.05, 4.69) is 102 Å². The summed E-state index contributed by atoms with van der Waals surface area (Å²) in [6, 6.07) is 9.09. The Kier molecular flexibility index (Phi) is 9.18. The molecule has 0 bridgehead atoms. The fourth-order valence-electron chi connectivity index (χ4n) is 3.75. The normalized spacial score (nSPS) is 17.0. The van der Waals surface area contributed by atoms with Crippen molar-refractivity contribution in [2.45, 2.75) is 98.6 Å². The first kappa shape index (κ1) is 26.3. The predicted molar refractivity (Wildman–Crippen MR) is 151 cm³/mol. The number of hydrogen-bond donors (Lipinski definition) is 0. The van der Waals surface area contributed by atoms with Crippen molar-refractivity contribution in [2.24, 2.45) is 0 Å². The van der Waals surface area contributed by atoms with Gasteiger partial charge in [-0.15, -0.1) is 0 Å². The molecule has 182 valence electrons. The molecule has 33 heavy (non-hydrogen) atoms. The quantitative estimate of drug-likeness (QED) is 0.190. The monoisotopic (exact) mass is 638 g/mol. The first-order valence-electron chi connectivity index (χ1n) is 12.1. The zero-order chi connectivity index (χ0) is 23.6. The van der Waals surface area contributed by atoms with Crippen LogP contribution in [0.2, 0.25) is 0 Å². The Hall–Kier alpha value is 0.230. The molecule has 2 aliphatic heterocycles. The summed E-state index contributed by atoms with van der Waals surface area (Å²) in [4.78, 5) is 5.82. The summed E-state index contributed by atoms with van der Waals surface area (Å²) >= 11 is -2.55. The second-order valence-electron chi connectivity index (χ2n) is 9.08. The van der Waals surface area contributed by atoms with Crippen LogP contribution in [0.3, 0.4) is 0 Å². The number of ether oxygens (including phenoxy) is 2. The van der Waals surface area contributed by atoms with Gasteiger partial charge in [-0.2, -0.15) is 0 Å². The van der Waals surface area contributed by atoms with E-state index in [1.54, 1.807) is 0 Å². The molecule has 0 N–H and O–H groups in total. The Balaban J connectivity index is 1.68. The van der Waals surface area contributed by atoms with Gasteiger partial charge in [0.2, 0.25) is 0 Å². The van der Waals surface area contributed by atoms with Gasteiger partial charge in [0.1, 0.15) is 0 Å². The molecule has 0 amide bonds. The van der Waals surface area contributed by atoms with Crippen molar-refractivity contribution in [3.8, 4) is 11.5 Å². The van der Waals surface area contributed by atoms with E-state index in [1.807, 2.05) is 0 Å². The van der Waals surface area contributed by atoms with E-state index >= 15 is 0 Å². The van der Waals surface area contributed by atoms with Gasteiger partial charge in [-0.3, -0.25) is 0 Å². The van der Waals surface area contributed by atoms with Crippen LogP contribution >= 0.6 is 36.0 Å². The van der Waals surface area contributed by atoms with Gasteiger partial charge in [-0.1, -0.05) is 0 Å². The van der Waals surface area contributed by atoms with Gasteiger partial charge in [0.05, 0.1) is 0 Å². The Morgan fingerprint density at radius 1 is 0.636 bits per heavy atom. The summed E-state index contributed by atoms with van der Waals surface area (Å²) in [7, 11) is 8.77. The Bertz CT molecular complexity index is 913. The van der Waals surface area contributed by atoms with Crippen molar-refractivity contribution in [2.75, 3.05) is 13.2 Å². The van der Waals surface area contributed by atoms with Crippen LogP contribution in [-0.2, 0) is 0 Å². The zero-order valence-electron chi connectivity index (χ0n) is 20.6. The molecule has 1 spiro atoms. The number of benzene rings is 2. The molecule has 0 fully saturated rings. The molecule has 2 nitrogen and oxygen atoms in total. The first-order chi connectivity index (χ1) is 15.9. The fraction of sp³-hybridized carbons (Fsp3) is 0.538. The molecule has 0 atom stereocenters. The molecule has 0 unspecified atom stereocenters. The molecule has 0 saturated carbocycles. The van der Waals surface area contributed by atoms with Gasteiger partial charge in [-0.05, 0) is 0 Å². The summed E-state index contributed by atoms with van der Waals surface area (Å²) in [5.41, 5.74) is 2.96. The number of hydrogen-bond acceptors (Lipinski definition) is 6. The maximum atomic E-state index is 6.31. The minimum absolute atomic E-state index is 0.521. The average Bonchev–Trinajstić information content (AvgIpc) is 3.33. The second kappa shape index (κ2) is 11.5. The number of unbranched alkanes of at least 4 members (excludes halogenated alkanes) is 2. The summed E-state index contributed by atoms with van der Waals surface area (Å²) in [5.74, 6) is 3.24. The van der Waals surface area contributed by atoms with Crippen LogP contribution in [0.25, 0.3) is 0 Å². The summed E-state index contributed by atoms with van der Waals surface area (Å²) in [6.45, 7) is 15.3. The van der Waals surface area contributed by atoms with Crippen LogP contribution in [0.4, 0.5) is 0 Å². The molecule has 2 aliphatic rings. The van der Waals surface area contributed by atoms with Gasteiger partial charge in [-0.25, -0.2) is 0 Å². The van der Waals surface area contributed by atoms with E-state index in [4.69, 9.17) is 9.47 Å².